The summed E-state index contributed by atoms with van der Waals surface area (Å²) < 4.78 is 48.2. The Morgan fingerprint density at radius 3 is 2.67 bits per heavy atom. The molecule has 1 amide bonds. The van der Waals surface area contributed by atoms with Crippen LogP contribution in [0.3, 0.4) is 0 Å². The highest BCUT2D eigenvalue weighted by Gasteiger charge is 2.27. The smallest absolute Gasteiger partial charge is 0.441 e. The molecule has 0 atom stereocenters. The van der Waals surface area contributed by atoms with Crippen LogP contribution < -0.4 is 5.32 Å². The van der Waals surface area contributed by atoms with Gasteiger partial charge in [-0.15, -0.1) is 0 Å². The van der Waals surface area contributed by atoms with Crippen molar-refractivity contribution in [3.63, 3.8) is 0 Å². The minimum Gasteiger partial charge on any atom is -0.507 e. The number of thioether (sulfide) groups is 1. The molecule has 8 heteroatoms. The van der Waals surface area contributed by atoms with Gasteiger partial charge in [0.2, 0.25) is 0 Å². The molecule has 0 aliphatic carbocycles. The molecule has 1 rings (SSSR count). The number of amides is 1. The first-order valence-corrected chi connectivity index (χ1v) is 5.75. The molecule has 0 heterocycles. The summed E-state index contributed by atoms with van der Waals surface area (Å²) in [6, 6.07) is 2.77. The van der Waals surface area contributed by atoms with Crippen molar-refractivity contribution >= 4 is 17.7 Å². The minimum absolute atomic E-state index is 0.237. The molecule has 0 radical (unpaired) electrons. The van der Waals surface area contributed by atoms with Crippen LogP contribution in [0.25, 0.3) is 0 Å². The molecule has 0 aliphatic rings. The van der Waals surface area contributed by atoms with Gasteiger partial charge in [0.05, 0.1) is 5.56 Å². The number of phenols is 1. The van der Waals surface area contributed by atoms with Crippen LogP contribution in [0.2, 0.25) is 0 Å². The van der Waals surface area contributed by atoms with E-state index in [0.717, 1.165) is 18.2 Å². The summed E-state index contributed by atoms with van der Waals surface area (Å²) >= 11 is -0.273. The van der Waals surface area contributed by atoms with E-state index in [1.54, 1.807) is 0 Å². The number of alkyl halides is 3. The molecule has 18 heavy (non-hydrogen) atoms. The van der Waals surface area contributed by atoms with Gasteiger partial charge in [0.15, 0.2) is 0 Å². The first kappa shape index (κ1) is 14.6. The van der Waals surface area contributed by atoms with E-state index >= 15 is 0 Å². The van der Waals surface area contributed by atoms with E-state index in [1.807, 2.05) is 0 Å². The van der Waals surface area contributed by atoms with Gasteiger partial charge >= 0.3 is 5.51 Å². The van der Waals surface area contributed by atoms with Crippen molar-refractivity contribution in [2.45, 2.75) is 5.51 Å². The molecule has 0 spiro atoms. The summed E-state index contributed by atoms with van der Waals surface area (Å²) in [5, 5.41) is 11.4. The van der Waals surface area contributed by atoms with Crippen LogP contribution in [-0.2, 0) is 0 Å². The maximum absolute atomic E-state index is 12.8. The maximum atomic E-state index is 12.8. The van der Waals surface area contributed by atoms with Crippen LogP contribution in [0.15, 0.2) is 18.2 Å². The van der Waals surface area contributed by atoms with Crippen molar-refractivity contribution in [1.29, 1.82) is 0 Å². The molecule has 1 aromatic carbocycles. The molecule has 0 saturated heterocycles. The molecule has 2 N–H and O–H groups in total. The number of rotatable bonds is 4. The maximum Gasteiger partial charge on any atom is 0.441 e. The summed E-state index contributed by atoms with van der Waals surface area (Å²) in [7, 11) is 0. The number of aromatic hydroxyl groups is 1. The van der Waals surface area contributed by atoms with E-state index in [9.17, 15) is 27.5 Å². The zero-order chi connectivity index (χ0) is 13.8. The third-order valence-electron chi connectivity index (χ3n) is 1.86. The van der Waals surface area contributed by atoms with Gasteiger partial charge in [-0.05, 0) is 30.0 Å². The second-order valence-corrected chi connectivity index (χ2v) is 4.37. The average Bonchev–Trinajstić information content (AvgIpc) is 2.26. The highest BCUT2D eigenvalue weighted by atomic mass is 32.2. The molecular formula is C10H9F4NO2S. The van der Waals surface area contributed by atoms with Crippen molar-refractivity contribution in [3.05, 3.63) is 29.6 Å². The van der Waals surface area contributed by atoms with Gasteiger partial charge in [-0.25, -0.2) is 4.39 Å². The summed E-state index contributed by atoms with van der Waals surface area (Å²) in [4.78, 5) is 11.4. The molecule has 0 fully saturated rings. The lowest BCUT2D eigenvalue weighted by atomic mass is 10.2. The summed E-state index contributed by atoms with van der Waals surface area (Å²) in [6.45, 7) is -0.237. The van der Waals surface area contributed by atoms with Crippen LogP contribution >= 0.6 is 11.8 Å². The van der Waals surface area contributed by atoms with E-state index in [0.29, 0.717) is 0 Å². The van der Waals surface area contributed by atoms with Crippen molar-refractivity contribution in [2.75, 3.05) is 12.3 Å². The molecule has 3 nitrogen and oxygen atoms in total. The lowest BCUT2D eigenvalue weighted by Crippen LogP contribution is -2.26. The number of carbonyl (C=O) groups is 1. The molecule has 0 unspecified atom stereocenters. The minimum atomic E-state index is -4.36. The van der Waals surface area contributed by atoms with E-state index in [2.05, 4.69) is 5.32 Å². The van der Waals surface area contributed by atoms with Gasteiger partial charge in [0.25, 0.3) is 5.91 Å². The number of carbonyl (C=O) groups excluding carboxylic acids is 1. The van der Waals surface area contributed by atoms with Crippen molar-refractivity contribution in [1.82, 2.24) is 5.32 Å². The first-order chi connectivity index (χ1) is 8.29. The molecule has 0 aliphatic heterocycles. The molecule has 1 aromatic rings. The van der Waals surface area contributed by atoms with Crippen LogP contribution in [0.5, 0.6) is 5.75 Å². The number of halogens is 4. The zero-order valence-corrected chi connectivity index (χ0v) is 9.74. The van der Waals surface area contributed by atoms with Gasteiger partial charge in [0.1, 0.15) is 11.6 Å². The zero-order valence-electron chi connectivity index (χ0n) is 8.92. The highest BCUT2D eigenvalue weighted by molar-refractivity contribution is 8.00. The fraction of sp³-hybridized carbons (Fsp3) is 0.300. The molecule has 0 aromatic heterocycles. The summed E-state index contributed by atoms with van der Waals surface area (Å²) in [5.41, 5.74) is -4.67. The quantitative estimate of drug-likeness (QED) is 0.659. The number of benzene rings is 1. The van der Waals surface area contributed by atoms with Crippen molar-refractivity contribution < 1.29 is 27.5 Å². The second-order valence-electron chi connectivity index (χ2n) is 3.21. The molecular weight excluding hydrogens is 274 g/mol. The van der Waals surface area contributed by atoms with Gasteiger partial charge in [-0.1, -0.05) is 0 Å². The Morgan fingerprint density at radius 2 is 2.06 bits per heavy atom. The Bertz CT molecular complexity index is 436. The average molecular weight is 283 g/mol. The van der Waals surface area contributed by atoms with Crippen LogP contribution in [0, 0.1) is 5.82 Å². The topological polar surface area (TPSA) is 49.3 Å². The van der Waals surface area contributed by atoms with Crippen LogP contribution in [0.4, 0.5) is 17.6 Å². The van der Waals surface area contributed by atoms with E-state index in [1.165, 1.54) is 0 Å². The second kappa shape index (κ2) is 5.94. The van der Waals surface area contributed by atoms with Crippen molar-refractivity contribution in [2.24, 2.45) is 0 Å². The largest absolute Gasteiger partial charge is 0.507 e. The number of hydrogen-bond donors (Lipinski definition) is 2. The predicted molar refractivity (Wildman–Crippen MR) is 58.9 cm³/mol. The van der Waals surface area contributed by atoms with E-state index < -0.39 is 23.0 Å². The molecule has 100 valence electrons. The SMILES string of the molecule is O=C(NCCSC(F)(F)F)c1cc(F)ccc1O. The standard InChI is InChI=1S/C10H9F4NO2S/c11-6-1-2-8(16)7(5-6)9(17)15-3-4-18-10(12,13)14/h1-2,5,16H,3-4H2,(H,15,17). The van der Waals surface area contributed by atoms with Gasteiger partial charge in [-0.2, -0.15) is 13.2 Å². The fourth-order valence-corrected chi connectivity index (χ4v) is 1.55. The lowest BCUT2D eigenvalue weighted by molar-refractivity contribution is -0.0327. The number of hydrogen-bond acceptors (Lipinski definition) is 3. The normalized spacial score (nSPS) is 11.3. The Labute approximate surface area is 104 Å². The Hall–Kier alpha value is -1.44. The lowest BCUT2D eigenvalue weighted by Gasteiger charge is -2.08. The Morgan fingerprint density at radius 1 is 1.39 bits per heavy atom. The third kappa shape index (κ3) is 4.82. The predicted octanol–water partition coefficient (Wildman–Crippen LogP) is 2.51. The van der Waals surface area contributed by atoms with Gasteiger partial charge in [0, 0.05) is 12.3 Å². The van der Waals surface area contributed by atoms with Crippen molar-refractivity contribution in [3.8, 4) is 5.75 Å². The molecule has 0 saturated carbocycles. The summed E-state index contributed by atoms with van der Waals surface area (Å²) in [5.74, 6) is -2.33. The van der Waals surface area contributed by atoms with Crippen LogP contribution in [-0.4, -0.2) is 28.8 Å². The van der Waals surface area contributed by atoms with E-state index in [-0.39, 0.29) is 29.6 Å². The molecule has 0 bridgehead atoms. The number of phenolic OH excluding ortho intramolecular Hbond substituents is 1. The monoisotopic (exact) mass is 283 g/mol. The highest BCUT2D eigenvalue weighted by Crippen LogP contribution is 2.29. The summed E-state index contributed by atoms with van der Waals surface area (Å²) in [6.07, 6.45) is 0. The van der Waals surface area contributed by atoms with E-state index in [4.69, 9.17) is 0 Å². The van der Waals surface area contributed by atoms with Gasteiger partial charge in [-0.3, -0.25) is 4.79 Å². The van der Waals surface area contributed by atoms with Gasteiger partial charge < -0.3 is 10.4 Å². The fourth-order valence-electron chi connectivity index (χ4n) is 1.12. The first-order valence-electron chi connectivity index (χ1n) is 4.77. The van der Waals surface area contributed by atoms with Crippen LogP contribution in [0.1, 0.15) is 10.4 Å². The Kier molecular flexibility index (Phi) is 4.83. The number of nitrogens with one attached hydrogen (secondary N) is 1. The Balaban J connectivity index is 2.48. The third-order valence-corrected chi connectivity index (χ3v) is 2.59.